The minimum Gasteiger partial charge on any atom is -0.479 e. The van der Waals surface area contributed by atoms with E-state index in [1.165, 1.54) is 16.2 Å². The Morgan fingerprint density at radius 1 is 1.11 bits per heavy atom. The predicted octanol–water partition coefficient (Wildman–Crippen LogP) is 4.86. The first-order valence-electron chi connectivity index (χ1n) is 11.3. The fourth-order valence-electron chi connectivity index (χ4n) is 4.00. The highest BCUT2D eigenvalue weighted by molar-refractivity contribution is 7.13. The number of nitrogens with one attached hydrogen (secondary N) is 1. The van der Waals surface area contributed by atoms with E-state index in [4.69, 9.17) is 9.72 Å². The monoisotopic (exact) mass is 484 g/mol. The molecule has 1 aliphatic heterocycles. The third-order valence-electron chi connectivity index (χ3n) is 5.83. The highest BCUT2D eigenvalue weighted by atomic mass is 32.1. The largest absolute Gasteiger partial charge is 0.479 e. The molecule has 2 aromatic carbocycles. The molecule has 2 aromatic heterocycles. The van der Waals surface area contributed by atoms with Gasteiger partial charge in [0, 0.05) is 17.1 Å². The lowest BCUT2D eigenvalue weighted by molar-refractivity contribution is -0.128. The fourth-order valence-corrected chi connectivity index (χ4v) is 4.80. The number of carbonyl (C=O) groups excluding carboxylic acids is 2. The third kappa shape index (κ3) is 4.79. The number of carbonyl (C=O) groups is 2. The lowest BCUT2D eigenvalue weighted by atomic mass is 10.1. The molecule has 0 spiro atoms. The number of aromatic nitrogens is 2. The van der Waals surface area contributed by atoms with Crippen molar-refractivity contribution in [2.75, 3.05) is 11.4 Å². The van der Waals surface area contributed by atoms with Crippen molar-refractivity contribution in [1.29, 1.82) is 0 Å². The Kier molecular flexibility index (Phi) is 6.29. The van der Waals surface area contributed by atoms with Gasteiger partial charge in [0.1, 0.15) is 17.3 Å². The smallest absolute Gasteiger partial charge is 0.268 e. The zero-order valence-corrected chi connectivity index (χ0v) is 20.2. The van der Waals surface area contributed by atoms with E-state index >= 15 is 0 Å². The highest BCUT2D eigenvalue weighted by Gasteiger charge is 2.33. The molecule has 0 radical (unpaired) electrons. The molecule has 0 bridgehead atoms. The van der Waals surface area contributed by atoms with Gasteiger partial charge in [-0.1, -0.05) is 36.4 Å². The van der Waals surface area contributed by atoms with E-state index in [1.54, 1.807) is 13.1 Å². The Morgan fingerprint density at radius 2 is 1.91 bits per heavy atom. The number of fused-ring (bicyclic) bond motifs is 1. The van der Waals surface area contributed by atoms with Crippen LogP contribution in [-0.2, 0) is 9.59 Å². The maximum absolute atomic E-state index is 13.0. The highest BCUT2D eigenvalue weighted by Crippen LogP contribution is 2.38. The van der Waals surface area contributed by atoms with Gasteiger partial charge < -0.3 is 10.1 Å². The summed E-state index contributed by atoms with van der Waals surface area (Å²) in [5.41, 5.74) is 3.96. The molecule has 0 fully saturated rings. The van der Waals surface area contributed by atoms with Gasteiger partial charge in [-0.05, 0) is 49.7 Å². The van der Waals surface area contributed by atoms with E-state index in [-0.39, 0.29) is 24.4 Å². The summed E-state index contributed by atoms with van der Waals surface area (Å²) in [6.45, 7) is 3.51. The van der Waals surface area contributed by atoms with E-state index in [0.717, 1.165) is 27.5 Å². The van der Waals surface area contributed by atoms with E-state index in [2.05, 4.69) is 10.3 Å². The second kappa shape index (κ2) is 9.68. The topological polar surface area (TPSA) is 84.4 Å². The first-order chi connectivity index (χ1) is 17.0. The van der Waals surface area contributed by atoms with Gasteiger partial charge in [-0.3, -0.25) is 19.5 Å². The molecule has 8 heteroatoms. The maximum atomic E-state index is 13.0. The van der Waals surface area contributed by atoms with Gasteiger partial charge in [-0.2, -0.15) is 0 Å². The predicted molar refractivity (Wildman–Crippen MR) is 136 cm³/mol. The van der Waals surface area contributed by atoms with Crippen molar-refractivity contribution >= 4 is 28.8 Å². The Balaban J connectivity index is 1.40. The number of anilines is 1. The molecular weight excluding hydrogens is 460 g/mol. The van der Waals surface area contributed by atoms with E-state index in [0.29, 0.717) is 11.4 Å². The van der Waals surface area contributed by atoms with E-state index in [1.807, 2.05) is 79.0 Å². The van der Waals surface area contributed by atoms with E-state index in [9.17, 15) is 9.59 Å². The number of thiazole rings is 1. The van der Waals surface area contributed by atoms with Crippen LogP contribution in [0, 0.1) is 0 Å². The van der Waals surface area contributed by atoms with Gasteiger partial charge in [0.15, 0.2) is 6.10 Å². The van der Waals surface area contributed by atoms with Crippen LogP contribution >= 0.6 is 11.3 Å². The molecule has 2 atom stereocenters. The van der Waals surface area contributed by atoms with Crippen LogP contribution in [0.1, 0.15) is 25.5 Å². The molecule has 7 nitrogen and oxygen atoms in total. The van der Waals surface area contributed by atoms with Crippen molar-refractivity contribution in [2.24, 2.45) is 0 Å². The molecule has 4 aromatic rings. The summed E-state index contributed by atoms with van der Waals surface area (Å²) in [5.74, 6) is 0.0563. The molecular formula is C27H24N4O3S. The van der Waals surface area contributed by atoms with Crippen LogP contribution in [0.4, 0.5) is 5.69 Å². The number of ether oxygens (including phenoxy) is 1. The molecule has 0 aliphatic carbocycles. The number of rotatable bonds is 6. The molecule has 2 unspecified atom stereocenters. The van der Waals surface area contributed by atoms with Gasteiger partial charge in [-0.15, -0.1) is 11.3 Å². The second-order valence-electron chi connectivity index (χ2n) is 8.32. The standard InChI is InChI=1S/C27H24N4O3S/c1-17(19-8-4-3-5-9-19)29-25(32)15-31-23-14-20(11-12-24(23)34-18(2)27(31)33)22-16-35-26(30-22)21-10-6-7-13-28-21/h3-14,16-18H,15H2,1-2H3,(H,29,32). The summed E-state index contributed by atoms with van der Waals surface area (Å²) in [5, 5.41) is 5.75. The Morgan fingerprint density at radius 3 is 2.69 bits per heavy atom. The summed E-state index contributed by atoms with van der Waals surface area (Å²) in [4.78, 5) is 36.5. The number of hydrogen-bond acceptors (Lipinski definition) is 6. The summed E-state index contributed by atoms with van der Waals surface area (Å²) >= 11 is 1.50. The average Bonchev–Trinajstić information content (AvgIpc) is 3.38. The Hall–Kier alpha value is -4.04. The van der Waals surface area contributed by atoms with Crippen LogP contribution < -0.4 is 15.0 Å². The first-order valence-corrected chi connectivity index (χ1v) is 12.2. The maximum Gasteiger partial charge on any atom is 0.268 e. The third-order valence-corrected chi connectivity index (χ3v) is 6.69. The van der Waals surface area contributed by atoms with Gasteiger partial charge in [0.25, 0.3) is 5.91 Å². The molecule has 1 N–H and O–H groups in total. The molecule has 0 saturated heterocycles. The quantitative estimate of drug-likeness (QED) is 0.422. The molecule has 176 valence electrons. The van der Waals surface area contributed by atoms with Crippen molar-refractivity contribution in [1.82, 2.24) is 15.3 Å². The zero-order chi connectivity index (χ0) is 24.4. The van der Waals surface area contributed by atoms with Crippen molar-refractivity contribution in [2.45, 2.75) is 26.0 Å². The minimum absolute atomic E-state index is 0.101. The molecule has 2 amide bonds. The van der Waals surface area contributed by atoms with Crippen molar-refractivity contribution in [3.05, 3.63) is 83.9 Å². The molecule has 1 aliphatic rings. The minimum atomic E-state index is -0.678. The fraction of sp³-hybridized carbons (Fsp3) is 0.185. The lowest BCUT2D eigenvalue weighted by Gasteiger charge is -2.33. The van der Waals surface area contributed by atoms with Gasteiger partial charge in [0.2, 0.25) is 5.91 Å². The number of nitrogens with zero attached hydrogens (tertiary/aromatic N) is 3. The van der Waals surface area contributed by atoms with Gasteiger partial charge in [-0.25, -0.2) is 4.98 Å². The first kappa shape index (κ1) is 22.7. The van der Waals surface area contributed by atoms with Crippen molar-refractivity contribution in [3.8, 4) is 27.7 Å². The summed E-state index contributed by atoms with van der Waals surface area (Å²) in [6, 6.07) is 20.8. The number of amides is 2. The van der Waals surface area contributed by atoms with Gasteiger partial charge >= 0.3 is 0 Å². The summed E-state index contributed by atoms with van der Waals surface area (Å²) in [6.07, 6.45) is 1.06. The number of benzene rings is 2. The summed E-state index contributed by atoms with van der Waals surface area (Å²) in [7, 11) is 0. The normalized spacial score (nSPS) is 15.8. The van der Waals surface area contributed by atoms with Crippen LogP contribution in [-0.4, -0.2) is 34.4 Å². The van der Waals surface area contributed by atoms with Gasteiger partial charge in [0.05, 0.1) is 23.1 Å². The van der Waals surface area contributed by atoms with Crippen molar-refractivity contribution < 1.29 is 14.3 Å². The van der Waals surface area contributed by atoms with Crippen LogP contribution in [0.25, 0.3) is 22.0 Å². The van der Waals surface area contributed by atoms with Crippen LogP contribution in [0.3, 0.4) is 0 Å². The second-order valence-corrected chi connectivity index (χ2v) is 9.18. The molecule has 5 rings (SSSR count). The number of hydrogen-bond donors (Lipinski definition) is 1. The molecule has 35 heavy (non-hydrogen) atoms. The Bertz CT molecular complexity index is 1360. The SMILES string of the molecule is CC1Oc2ccc(-c3csc(-c4ccccn4)n3)cc2N(CC(=O)NC(C)c2ccccc2)C1=O. The van der Waals surface area contributed by atoms with Crippen molar-refractivity contribution in [3.63, 3.8) is 0 Å². The van der Waals surface area contributed by atoms with E-state index < -0.39 is 6.10 Å². The lowest BCUT2D eigenvalue weighted by Crippen LogP contribution is -2.49. The average molecular weight is 485 g/mol. The molecule has 0 saturated carbocycles. The summed E-state index contributed by atoms with van der Waals surface area (Å²) < 4.78 is 5.82. The zero-order valence-electron chi connectivity index (χ0n) is 19.3. The van der Waals surface area contributed by atoms with Crippen LogP contribution in [0.5, 0.6) is 5.75 Å². The van der Waals surface area contributed by atoms with Crippen LogP contribution in [0.2, 0.25) is 0 Å². The molecule has 3 heterocycles. The van der Waals surface area contributed by atoms with Crippen LogP contribution in [0.15, 0.2) is 78.3 Å². The number of pyridine rings is 1. The Labute approximate surface area is 207 Å².